The molecule has 0 unspecified atom stereocenters. The maximum absolute atomic E-state index is 12.5. The maximum atomic E-state index is 12.5. The molecule has 1 amide bonds. The maximum Gasteiger partial charge on any atom is 0.278 e. The van der Waals surface area contributed by atoms with E-state index in [1.807, 2.05) is 61.5 Å². The summed E-state index contributed by atoms with van der Waals surface area (Å²) in [6.07, 6.45) is 0. The Morgan fingerprint density at radius 1 is 1.17 bits per heavy atom. The highest BCUT2D eigenvalue weighted by Gasteiger charge is 2.20. The number of nitrogens with zero attached hydrogens (tertiary/aromatic N) is 3. The molecule has 0 bridgehead atoms. The molecule has 3 aromatic rings. The first-order valence-electron chi connectivity index (χ1n) is 7.56. The molecule has 0 aliphatic carbocycles. The van der Waals surface area contributed by atoms with Gasteiger partial charge in [-0.25, -0.2) is 4.68 Å². The monoisotopic (exact) mass is 322 g/mol. The van der Waals surface area contributed by atoms with Gasteiger partial charge in [-0.3, -0.25) is 4.79 Å². The number of benzene rings is 2. The topological polar surface area (TPSA) is 69.0 Å². The number of carbonyl (C=O) groups excluding carboxylic acids is 1. The number of carbonyl (C=O) groups is 1. The number of rotatable bonds is 5. The third-order valence-electron chi connectivity index (χ3n) is 3.54. The van der Waals surface area contributed by atoms with Gasteiger partial charge in [0.1, 0.15) is 5.69 Å². The molecule has 24 heavy (non-hydrogen) atoms. The Labute approximate surface area is 140 Å². The van der Waals surface area contributed by atoms with Crippen LogP contribution in [0.1, 0.15) is 21.7 Å². The van der Waals surface area contributed by atoms with Crippen molar-refractivity contribution >= 4 is 11.6 Å². The van der Waals surface area contributed by atoms with Gasteiger partial charge in [-0.15, -0.1) is 5.10 Å². The number of ether oxygens (including phenoxy) is 1. The SMILES string of the molecule is COCc1c(C(=O)Nc2ccccc2)nnn1-c1cccc(C)c1. The third-order valence-corrected chi connectivity index (χ3v) is 3.54. The second-order valence-electron chi connectivity index (χ2n) is 5.39. The minimum absolute atomic E-state index is 0.235. The molecule has 122 valence electrons. The molecule has 2 aromatic carbocycles. The van der Waals surface area contributed by atoms with Gasteiger partial charge < -0.3 is 10.1 Å². The number of hydrogen-bond donors (Lipinski definition) is 1. The summed E-state index contributed by atoms with van der Waals surface area (Å²) in [4.78, 5) is 12.5. The lowest BCUT2D eigenvalue weighted by atomic mass is 10.2. The molecule has 0 saturated carbocycles. The van der Waals surface area contributed by atoms with E-state index in [0.29, 0.717) is 11.4 Å². The molecule has 0 radical (unpaired) electrons. The Hall–Kier alpha value is -2.99. The van der Waals surface area contributed by atoms with Crippen LogP contribution in [0.15, 0.2) is 54.6 Å². The summed E-state index contributed by atoms with van der Waals surface area (Å²) < 4.78 is 6.87. The molecule has 0 spiro atoms. The number of nitrogens with one attached hydrogen (secondary N) is 1. The molecule has 0 aliphatic heterocycles. The van der Waals surface area contributed by atoms with Crippen molar-refractivity contribution in [3.8, 4) is 5.69 Å². The summed E-state index contributed by atoms with van der Waals surface area (Å²) >= 11 is 0. The summed E-state index contributed by atoms with van der Waals surface area (Å²) in [6.45, 7) is 2.23. The zero-order chi connectivity index (χ0) is 16.9. The molecule has 0 fully saturated rings. The first-order chi connectivity index (χ1) is 11.7. The number of aromatic nitrogens is 3. The average Bonchev–Trinajstić information content (AvgIpc) is 3.00. The van der Waals surface area contributed by atoms with Crippen LogP contribution in [-0.2, 0) is 11.3 Å². The van der Waals surface area contributed by atoms with Crippen LogP contribution < -0.4 is 5.32 Å². The molecule has 1 aromatic heterocycles. The van der Waals surface area contributed by atoms with Crippen LogP contribution in [0.25, 0.3) is 5.69 Å². The van der Waals surface area contributed by atoms with Gasteiger partial charge >= 0.3 is 0 Å². The van der Waals surface area contributed by atoms with Crippen molar-refractivity contribution in [1.82, 2.24) is 15.0 Å². The normalized spacial score (nSPS) is 10.6. The molecule has 6 heteroatoms. The largest absolute Gasteiger partial charge is 0.378 e. The molecule has 6 nitrogen and oxygen atoms in total. The molecule has 1 N–H and O–H groups in total. The quantitative estimate of drug-likeness (QED) is 0.784. The van der Waals surface area contributed by atoms with E-state index in [2.05, 4.69) is 15.6 Å². The molecular formula is C18H18N4O2. The highest BCUT2D eigenvalue weighted by Crippen LogP contribution is 2.17. The molecule has 0 atom stereocenters. The number of methoxy groups -OCH3 is 1. The standard InChI is InChI=1S/C18H18N4O2/c1-13-7-6-10-15(11-13)22-16(12-24-2)17(20-21-22)18(23)19-14-8-4-3-5-9-14/h3-11H,12H2,1-2H3,(H,19,23). The van der Waals surface area contributed by atoms with E-state index in [1.54, 1.807) is 11.8 Å². The van der Waals surface area contributed by atoms with Gasteiger partial charge in [-0.05, 0) is 36.8 Å². The summed E-state index contributed by atoms with van der Waals surface area (Å²) in [6, 6.07) is 17.1. The third kappa shape index (κ3) is 3.33. The zero-order valence-electron chi connectivity index (χ0n) is 13.6. The summed E-state index contributed by atoms with van der Waals surface area (Å²) in [5.74, 6) is -0.313. The smallest absolute Gasteiger partial charge is 0.278 e. The fourth-order valence-electron chi connectivity index (χ4n) is 2.42. The van der Waals surface area contributed by atoms with E-state index < -0.39 is 0 Å². The second kappa shape index (κ2) is 7.06. The van der Waals surface area contributed by atoms with E-state index >= 15 is 0 Å². The minimum atomic E-state index is -0.313. The predicted molar refractivity (Wildman–Crippen MR) is 91.2 cm³/mol. The molecule has 0 saturated heterocycles. The molecule has 1 heterocycles. The average molecular weight is 322 g/mol. The van der Waals surface area contributed by atoms with Crippen molar-refractivity contribution < 1.29 is 9.53 Å². The van der Waals surface area contributed by atoms with Crippen molar-refractivity contribution in [2.75, 3.05) is 12.4 Å². The number of para-hydroxylation sites is 1. The number of hydrogen-bond acceptors (Lipinski definition) is 4. The Kier molecular flexibility index (Phi) is 4.67. The van der Waals surface area contributed by atoms with Crippen LogP contribution in [0, 0.1) is 6.92 Å². The van der Waals surface area contributed by atoms with Gasteiger partial charge in [-0.1, -0.05) is 35.5 Å². The highest BCUT2D eigenvalue weighted by atomic mass is 16.5. The van der Waals surface area contributed by atoms with Gasteiger partial charge in [0.2, 0.25) is 0 Å². The van der Waals surface area contributed by atoms with Crippen molar-refractivity contribution in [2.45, 2.75) is 13.5 Å². The van der Waals surface area contributed by atoms with Crippen molar-refractivity contribution in [3.63, 3.8) is 0 Å². The number of amides is 1. The van der Waals surface area contributed by atoms with Gasteiger partial charge in [-0.2, -0.15) is 0 Å². The first-order valence-corrected chi connectivity index (χ1v) is 7.56. The van der Waals surface area contributed by atoms with E-state index in [4.69, 9.17) is 4.74 Å². The Morgan fingerprint density at radius 2 is 1.96 bits per heavy atom. The minimum Gasteiger partial charge on any atom is -0.378 e. The van der Waals surface area contributed by atoms with Crippen molar-refractivity contribution in [1.29, 1.82) is 0 Å². The molecule has 0 aliphatic rings. The van der Waals surface area contributed by atoms with Crippen LogP contribution in [0.3, 0.4) is 0 Å². The van der Waals surface area contributed by atoms with Crippen LogP contribution in [-0.4, -0.2) is 28.0 Å². The van der Waals surface area contributed by atoms with E-state index in [0.717, 1.165) is 11.3 Å². The summed E-state index contributed by atoms with van der Waals surface area (Å²) in [5.41, 5.74) is 3.50. The molecule has 3 rings (SSSR count). The highest BCUT2D eigenvalue weighted by molar-refractivity contribution is 6.03. The second-order valence-corrected chi connectivity index (χ2v) is 5.39. The fourth-order valence-corrected chi connectivity index (χ4v) is 2.42. The Bertz CT molecular complexity index is 843. The van der Waals surface area contributed by atoms with Gasteiger partial charge in [0.15, 0.2) is 5.69 Å². The van der Waals surface area contributed by atoms with Crippen molar-refractivity contribution in [2.24, 2.45) is 0 Å². The summed E-state index contributed by atoms with van der Waals surface area (Å²) in [7, 11) is 1.58. The summed E-state index contributed by atoms with van der Waals surface area (Å²) in [5, 5.41) is 11.0. The van der Waals surface area contributed by atoms with Crippen LogP contribution >= 0.6 is 0 Å². The Morgan fingerprint density at radius 3 is 2.67 bits per heavy atom. The lowest BCUT2D eigenvalue weighted by Gasteiger charge is -2.08. The van der Waals surface area contributed by atoms with Gasteiger partial charge in [0.25, 0.3) is 5.91 Å². The van der Waals surface area contributed by atoms with Crippen molar-refractivity contribution in [3.05, 3.63) is 71.5 Å². The van der Waals surface area contributed by atoms with Gasteiger partial charge in [0, 0.05) is 12.8 Å². The van der Waals surface area contributed by atoms with Crippen LogP contribution in [0.5, 0.6) is 0 Å². The lowest BCUT2D eigenvalue weighted by Crippen LogP contribution is -2.16. The van der Waals surface area contributed by atoms with E-state index in [-0.39, 0.29) is 18.2 Å². The van der Waals surface area contributed by atoms with Gasteiger partial charge in [0.05, 0.1) is 12.3 Å². The lowest BCUT2D eigenvalue weighted by molar-refractivity contribution is 0.101. The predicted octanol–water partition coefficient (Wildman–Crippen LogP) is 2.97. The number of aryl methyl sites for hydroxylation is 1. The Balaban J connectivity index is 1.95. The van der Waals surface area contributed by atoms with Crippen LogP contribution in [0.4, 0.5) is 5.69 Å². The number of anilines is 1. The van der Waals surface area contributed by atoms with E-state index in [9.17, 15) is 4.79 Å². The molecular weight excluding hydrogens is 304 g/mol. The van der Waals surface area contributed by atoms with Crippen LogP contribution in [0.2, 0.25) is 0 Å². The zero-order valence-corrected chi connectivity index (χ0v) is 13.6. The first kappa shape index (κ1) is 15.9. The fraction of sp³-hybridized carbons (Fsp3) is 0.167. The van der Waals surface area contributed by atoms with E-state index in [1.165, 1.54) is 0 Å².